The topological polar surface area (TPSA) is 57.2 Å². The van der Waals surface area contributed by atoms with Crippen LogP contribution in [-0.4, -0.2) is 12.3 Å². The van der Waals surface area contributed by atoms with Crippen LogP contribution in [0, 0.1) is 0 Å². The Labute approximate surface area is 63.0 Å². The molecule has 0 radical (unpaired) electrons. The van der Waals surface area contributed by atoms with Crippen molar-refractivity contribution in [3.05, 3.63) is 0 Å². The Morgan fingerprint density at radius 1 is 1.71 bits per heavy atom. The van der Waals surface area contributed by atoms with Crippen LogP contribution >= 0.6 is 0 Å². The Morgan fingerprint density at radius 3 is 2.14 bits per heavy atom. The SMILES string of the molecule is O=CCC(=O)[O-].[Na+]. The van der Waals surface area contributed by atoms with E-state index < -0.39 is 12.4 Å². The third kappa shape index (κ3) is 10.7. The van der Waals surface area contributed by atoms with Crippen molar-refractivity contribution in [3.63, 3.8) is 0 Å². The summed E-state index contributed by atoms with van der Waals surface area (Å²) in [5.74, 6) is -1.33. The summed E-state index contributed by atoms with van der Waals surface area (Å²) >= 11 is 0. The van der Waals surface area contributed by atoms with Crippen LogP contribution in [0.1, 0.15) is 6.42 Å². The summed E-state index contributed by atoms with van der Waals surface area (Å²) < 4.78 is 0. The Bertz CT molecular complexity index is 70.6. The van der Waals surface area contributed by atoms with Crippen LogP contribution in [-0.2, 0) is 9.59 Å². The van der Waals surface area contributed by atoms with Crippen molar-refractivity contribution in [3.8, 4) is 0 Å². The first-order valence-corrected chi connectivity index (χ1v) is 1.41. The standard InChI is InChI=1S/C3H4O3.Na/c4-2-1-3(5)6;/h2H,1H2,(H,5,6);/q;+1/p-1. The molecule has 0 fully saturated rings. The summed E-state index contributed by atoms with van der Waals surface area (Å²) in [6.45, 7) is 0. The van der Waals surface area contributed by atoms with Crippen molar-refractivity contribution >= 4 is 12.3 Å². The molecule has 0 atom stereocenters. The molecule has 0 aromatic rings. The van der Waals surface area contributed by atoms with E-state index in [1.807, 2.05) is 0 Å². The maximum absolute atomic E-state index is 9.26. The zero-order valence-corrected chi connectivity index (χ0v) is 6.01. The van der Waals surface area contributed by atoms with Gasteiger partial charge in [-0.1, -0.05) is 0 Å². The number of carboxylic acids is 1. The summed E-state index contributed by atoms with van der Waals surface area (Å²) in [4.78, 5) is 18.5. The molecule has 0 bridgehead atoms. The minimum atomic E-state index is -1.33. The minimum absolute atomic E-state index is 0. The monoisotopic (exact) mass is 110 g/mol. The van der Waals surface area contributed by atoms with Crippen LogP contribution in [0.2, 0.25) is 0 Å². The van der Waals surface area contributed by atoms with E-state index in [0.29, 0.717) is 0 Å². The first kappa shape index (κ1) is 10.2. The zero-order chi connectivity index (χ0) is 4.99. The molecule has 0 saturated carbocycles. The van der Waals surface area contributed by atoms with Gasteiger partial charge >= 0.3 is 29.6 Å². The van der Waals surface area contributed by atoms with E-state index in [1.54, 1.807) is 0 Å². The number of hydrogen-bond acceptors (Lipinski definition) is 3. The van der Waals surface area contributed by atoms with Gasteiger partial charge in [0.25, 0.3) is 0 Å². The molecule has 0 unspecified atom stereocenters. The smallest absolute Gasteiger partial charge is 0.550 e. The summed E-state index contributed by atoms with van der Waals surface area (Å²) in [6.07, 6.45) is -0.213. The second-order valence-electron chi connectivity index (χ2n) is 0.743. The van der Waals surface area contributed by atoms with Crippen LogP contribution in [0.4, 0.5) is 0 Å². The van der Waals surface area contributed by atoms with E-state index in [0.717, 1.165) is 0 Å². The van der Waals surface area contributed by atoms with Gasteiger partial charge in [-0.3, -0.25) is 0 Å². The van der Waals surface area contributed by atoms with Gasteiger partial charge in [0.15, 0.2) is 0 Å². The molecule has 0 aromatic carbocycles. The fourth-order valence-corrected chi connectivity index (χ4v) is 0.0680. The second kappa shape index (κ2) is 6.14. The van der Waals surface area contributed by atoms with Gasteiger partial charge in [-0.05, 0) is 0 Å². The minimum Gasteiger partial charge on any atom is -0.550 e. The fourth-order valence-electron chi connectivity index (χ4n) is 0.0680. The maximum atomic E-state index is 9.26. The molecule has 0 heterocycles. The first-order valence-electron chi connectivity index (χ1n) is 1.41. The number of carboxylic acid groups (broad SMARTS) is 1. The molecule has 34 valence electrons. The zero-order valence-electron chi connectivity index (χ0n) is 4.01. The Balaban J connectivity index is 0. The van der Waals surface area contributed by atoms with Crippen LogP contribution in [0.25, 0.3) is 0 Å². The summed E-state index contributed by atoms with van der Waals surface area (Å²) in [5.41, 5.74) is 0. The van der Waals surface area contributed by atoms with Crippen LogP contribution in [0.15, 0.2) is 0 Å². The Kier molecular flexibility index (Phi) is 8.94. The van der Waals surface area contributed by atoms with Crippen molar-refractivity contribution in [1.29, 1.82) is 0 Å². The van der Waals surface area contributed by atoms with Gasteiger partial charge in [-0.2, -0.15) is 0 Å². The molecular weight excluding hydrogens is 107 g/mol. The quantitative estimate of drug-likeness (QED) is 0.204. The molecule has 0 saturated heterocycles. The number of hydrogen-bond donors (Lipinski definition) is 0. The van der Waals surface area contributed by atoms with Crippen LogP contribution in [0.3, 0.4) is 0 Å². The normalized spacial score (nSPS) is 6.29. The van der Waals surface area contributed by atoms with Gasteiger partial charge in [-0.15, -0.1) is 0 Å². The van der Waals surface area contributed by atoms with Crippen molar-refractivity contribution in [2.24, 2.45) is 0 Å². The molecular formula is C3H3NaO3. The molecule has 0 aromatic heterocycles. The molecule has 0 amide bonds. The van der Waals surface area contributed by atoms with E-state index >= 15 is 0 Å². The molecule has 0 aliphatic carbocycles. The predicted octanol–water partition coefficient (Wildman–Crippen LogP) is -4.67. The van der Waals surface area contributed by atoms with Gasteiger partial charge < -0.3 is 14.7 Å². The summed E-state index contributed by atoms with van der Waals surface area (Å²) in [7, 11) is 0. The van der Waals surface area contributed by atoms with Gasteiger partial charge in [0.05, 0.1) is 0 Å². The Hall–Kier alpha value is 0.140. The Morgan fingerprint density at radius 2 is 2.14 bits per heavy atom. The van der Waals surface area contributed by atoms with E-state index in [9.17, 15) is 14.7 Å². The first-order chi connectivity index (χ1) is 2.77. The van der Waals surface area contributed by atoms with E-state index in [4.69, 9.17) is 0 Å². The van der Waals surface area contributed by atoms with Gasteiger partial charge in [0, 0.05) is 12.4 Å². The summed E-state index contributed by atoms with van der Waals surface area (Å²) in [6, 6.07) is 0. The molecule has 0 spiro atoms. The molecule has 3 nitrogen and oxygen atoms in total. The van der Waals surface area contributed by atoms with Crippen molar-refractivity contribution in [2.75, 3.05) is 0 Å². The molecule has 0 aliphatic rings. The number of aliphatic carboxylic acids is 1. The number of carbonyl (C=O) groups is 2. The third-order valence-electron chi connectivity index (χ3n) is 0.250. The average molecular weight is 110 g/mol. The fraction of sp³-hybridized carbons (Fsp3) is 0.333. The third-order valence-corrected chi connectivity index (χ3v) is 0.250. The van der Waals surface area contributed by atoms with Crippen molar-refractivity contribution < 1.29 is 44.3 Å². The maximum Gasteiger partial charge on any atom is 1.00 e. The molecule has 7 heavy (non-hydrogen) atoms. The molecule has 0 N–H and O–H groups in total. The van der Waals surface area contributed by atoms with E-state index in [1.165, 1.54) is 0 Å². The van der Waals surface area contributed by atoms with Gasteiger partial charge in [0.1, 0.15) is 6.29 Å². The number of aldehydes is 1. The predicted molar refractivity (Wildman–Crippen MR) is 15.7 cm³/mol. The summed E-state index contributed by atoms with van der Waals surface area (Å²) in [5, 5.41) is 9.26. The van der Waals surface area contributed by atoms with E-state index in [2.05, 4.69) is 0 Å². The molecule has 0 rings (SSSR count). The van der Waals surface area contributed by atoms with Crippen LogP contribution < -0.4 is 34.7 Å². The number of rotatable bonds is 2. The molecule has 4 heteroatoms. The van der Waals surface area contributed by atoms with E-state index in [-0.39, 0.29) is 35.8 Å². The number of carbonyl (C=O) groups excluding carboxylic acids is 2. The van der Waals surface area contributed by atoms with Crippen LogP contribution in [0.5, 0.6) is 0 Å². The average Bonchev–Trinajstić information content (AvgIpc) is 1.35. The van der Waals surface area contributed by atoms with Crippen molar-refractivity contribution in [1.82, 2.24) is 0 Å². The second-order valence-corrected chi connectivity index (χ2v) is 0.743. The largest absolute Gasteiger partial charge is 1.00 e. The van der Waals surface area contributed by atoms with Gasteiger partial charge in [-0.25, -0.2) is 0 Å². The van der Waals surface area contributed by atoms with Crippen molar-refractivity contribution in [2.45, 2.75) is 6.42 Å². The molecule has 0 aliphatic heterocycles. The van der Waals surface area contributed by atoms with Gasteiger partial charge in [0.2, 0.25) is 0 Å².